The van der Waals surface area contributed by atoms with Gasteiger partial charge in [-0.1, -0.05) is 0 Å². The minimum atomic E-state index is -2.82. The number of rotatable bonds is 6. The molecule has 1 aromatic carbocycles. The van der Waals surface area contributed by atoms with Crippen LogP contribution in [0.5, 0.6) is 11.5 Å². The molecule has 1 saturated carbocycles. The van der Waals surface area contributed by atoms with Gasteiger partial charge in [-0.3, -0.25) is 4.79 Å². The van der Waals surface area contributed by atoms with Gasteiger partial charge in [0, 0.05) is 37.0 Å². The van der Waals surface area contributed by atoms with E-state index in [0.29, 0.717) is 64.2 Å². The highest BCUT2D eigenvalue weighted by Crippen LogP contribution is 2.50. The number of carbonyl (C=O) groups excluding carboxylic acids is 1. The minimum Gasteiger partial charge on any atom is -0.454 e. The molecule has 1 saturated heterocycles. The third-order valence-corrected chi connectivity index (χ3v) is 8.02. The number of fused-ring (bicyclic) bond motifs is 2. The molecular weight excluding hydrogens is 504 g/mol. The predicted molar refractivity (Wildman–Crippen MR) is 127 cm³/mol. The van der Waals surface area contributed by atoms with Crippen molar-refractivity contribution in [2.45, 2.75) is 48.2 Å². The first kappa shape index (κ1) is 23.7. The van der Waals surface area contributed by atoms with E-state index in [-0.39, 0.29) is 19.0 Å². The largest absolute Gasteiger partial charge is 0.454 e. The van der Waals surface area contributed by atoms with Crippen LogP contribution in [0.4, 0.5) is 14.6 Å². The highest BCUT2D eigenvalue weighted by Gasteiger charge is 2.62. The smallest absolute Gasteiger partial charge is 0.260 e. The maximum Gasteiger partial charge on any atom is 0.260 e. The number of nitrogens with two attached hydrogens (primary N) is 1. The Hall–Kier alpha value is -3.66. The average Bonchev–Trinajstić information content (AvgIpc) is 3.21. The number of nitrogens with zero attached hydrogens (tertiary/aromatic N) is 6. The van der Waals surface area contributed by atoms with E-state index in [1.165, 1.54) is 11.8 Å². The Morgan fingerprint density at radius 2 is 1.97 bits per heavy atom. The van der Waals surface area contributed by atoms with Gasteiger partial charge in [-0.2, -0.15) is 5.26 Å². The molecule has 0 bridgehead atoms. The monoisotopic (exact) mass is 527 g/mol. The summed E-state index contributed by atoms with van der Waals surface area (Å²) in [5, 5.41) is 9.99. The zero-order valence-electron chi connectivity index (χ0n) is 19.7. The molecule has 5 aliphatic rings. The number of aryl methyl sites for hydroxylation is 1. The van der Waals surface area contributed by atoms with Crippen molar-refractivity contribution in [3.63, 3.8) is 0 Å². The van der Waals surface area contributed by atoms with Gasteiger partial charge in [-0.25, -0.2) is 23.7 Å². The number of nitrogen functional groups attached to an aromatic ring is 1. The van der Waals surface area contributed by atoms with Crippen molar-refractivity contribution < 1.29 is 23.0 Å². The number of ether oxygens (including phenoxy) is 2. The first-order valence-electron chi connectivity index (χ1n) is 12.0. The molecule has 192 valence electrons. The molecule has 13 heteroatoms. The third-order valence-electron chi connectivity index (χ3n) is 7.10. The van der Waals surface area contributed by atoms with Crippen LogP contribution in [-0.4, -0.2) is 56.1 Å². The van der Waals surface area contributed by atoms with Gasteiger partial charge in [0.15, 0.2) is 34.0 Å². The van der Waals surface area contributed by atoms with Gasteiger partial charge in [0.25, 0.3) is 5.92 Å². The first-order valence-corrected chi connectivity index (χ1v) is 12.8. The number of anilines is 1. The van der Waals surface area contributed by atoms with Gasteiger partial charge in [0.05, 0.1) is 11.9 Å². The van der Waals surface area contributed by atoms with E-state index in [1.54, 1.807) is 23.4 Å². The predicted octanol–water partition coefficient (Wildman–Crippen LogP) is 3.40. The van der Waals surface area contributed by atoms with Crippen LogP contribution < -0.4 is 15.2 Å². The van der Waals surface area contributed by atoms with Crippen molar-refractivity contribution in [2.24, 2.45) is 11.8 Å². The molecule has 4 aliphatic heterocycles. The fourth-order valence-corrected chi connectivity index (χ4v) is 5.65. The molecule has 1 unspecified atom stereocenters. The highest BCUT2D eigenvalue weighted by atomic mass is 32.2. The molecule has 0 radical (unpaired) electrons. The molecule has 1 aromatic rings. The summed E-state index contributed by atoms with van der Waals surface area (Å²) in [6, 6.07) is 5.54. The second-order valence-corrected chi connectivity index (χ2v) is 10.5. The lowest BCUT2D eigenvalue weighted by Gasteiger charge is -2.32. The zero-order valence-corrected chi connectivity index (χ0v) is 20.5. The van der Waals surface area contributed by atoms with Crippen LogP contribution in [0.3, 0.4) is 0 Å². The molecule has 2 N–H and O–H groups in total. The number of aromatic nitrogens is 4. The van der Waals surface area contributed by atoms with E-state index in [9.17, 15) is 18.8 Å². The maximum absolute atomic E-state index is 13.3. The summed E-state index contributed by atoms with van der Waals surface area (Å²) in [5.74, 6) is -2.06. The summed E-state index contributed by atoms with van der Waals surface area (Å²) in [6.07, 6.45) is 3.67. The summed E-state index contributed by atoms with van der Waals surface area (Å²) in [5.41, 5.74) is 6.99. The molecule has 4 heterocycles. The number of likely N-dealkylation sites (tertiary alicyclic amines) is 1. The minimum absolute atomic E-state index is 0.110. The van der Waals surface area contributed by atoms with Crippen molar-refractivity contribution in [3.05, 3.63) is 24.0 Å². The number of imidazole rings is 1. The summed E-state index contributed by atoms with van der Waals surface area (Å²) in [7, 11) is 0. The van der Waals surface area contributed by atoms with E-state index < -0.39 is 17.7 Å². The highest BCUT2D eigenvalue weighted by molar-refractivity contribution is 7.99. The number of piperidine rings is 1. The van der Waals surface area contributed by atoms with E-state index in [0.717, 1.165) is 19.3 Å². The lowest BCUT2D eigenvalue weighted by Crippen LogP contribution is -2.40. The van der Waals surface area contributed by atoms with Crippen LogP contribution in [0, 0.1) is 23.2 Å². The van der Waals surface area contributed by atoms with Crippen LogP contribution in [-0.2, 0) is 11.3 Å². The molecular formula is C24H23F2N7O3S. The molecule has 2 fully saturated rings. The average molecular weight is 528 g/mol. The topological polar surface area (TPSA) is 132 Å². The van der Waals surface area contributed by atoms with Crippen molar-refractivity contribution in [1.82, 2.24) is 24.4 Å². The molecule has 1 aliphatic carbocycles. The van der Waals surface area contributed by atoms with Crippen molar-refractivity contribution >= 4 is 23.5 Å². The number of carbonyl (C=O) groups is 1. The zero-order chi connectivity index (χ0) is 25.7. The molecule has 0 spiro atoms. The van der Waals surface area contributed by atoms with Crippen molar-refractivity contribution in [3.8, 4) is 29.1 Å². The van der Waals surface area contributed by atoms with Gasteiger partial charge >= 0.3 is 0 Å². The summed E-state index contributed by atoms with van der Waals surface area (Å²) in [6.45, 7) is 1.74. The fraction of sp³-hybridized carbons (Fsp3) is 0.458. The Bertz CT molecular complexity index is 1380. The number of nitriles is 1. The summed E-state index contributed by atoms with van der Waals surface area (Å²) in [4.78, 5) is 27.9. The fourth-order valence-electron chi connectivity index (χ4n) is 4.80. The third kappa shape index (κ3) is 4.50. The van der Waals surface area contributed by atoms with Crippen molar-refractivity contribution in [2.75, 3.05) is 25.6 Å². The Balaban J connectivity index is 1.13. The molecule has 1 atom stereocenters. The van der Waals surface area contributed by atoms with Crippen LogP contribution in [0.2, 0.25) is 0 Å². The van der Waals surface area contributed by atoms with Gasteiger partial charge in [0.1, 0.15) is 12.0 Å². The van der Waals surface area contributed by atoms with Crippen LogP contribution in [0.1, 0.15) is 31.2 Å². The van der Waals surface area contributed by atoms with Gasteiger partial charge in [0.2, 0.25) is 12.7 Å². The number of hydrogen-bond donors (Lipinski definition) is 1. The maximum atomic E-state index is 13.3. The van der Waals surface area contributed by atoms with E-state index >= 15 is 0 Å². The molecule has 0 aromatic heterocycles. The summed E-state index contributed by atoms with van der Waals surface area (Å²) < 4.78 is 39.2. The molecule has 37 heavy (non-hydrogen) atoms. The van der Waals surface area contributed by atoms with Gasteiger partial charge in [-0.15, -0.1) is 0 Å². The standard InChI is InChI=1S/C24H23F2N7O3S/c25-24(26)9-15(24)22(34)32-4-1-13(2-5-32)3-6-33-11-29-20(28)19-21(33)31-23(30-19)37-18-8-17-16(35-12-36-17)7-14(18)10-27/h7-8,11,13,15H,1-6,9,12,28H2. The van der Waals surface area contributed by atoms with E-state index in [2.05, 4.69) is 21.0 Å². The van der Waals surface area contributed by atoms with Gasteiger partial charge < -0.3 is 24.7 Å². The van der Waals surface area contributed by atoms with Gasteiger partial charge in [-0.05, 0) is 43.0 Å². The Morgan fingerprint density at radius 1 is 1.24 bits per heavy atom. The summed E-state index contributed by atoms with van der Waals surface area (Å²) >= 11 is 1.24. The lowest BCUT2D eigenvalue weighted by atomic mass is 9.93. The van der Waals surface area contributed by atoms with Crippen molar-refractivity contribution in [1.29, 1.82) is 5.26 Å². The molecule has 6 rings (SSSR count). The Kier molecular flexibility index (Phi) is 5.78. The second kappa shape index (κ2) is 9.02. The first-order chi connectivity index (χ1) is 17.8. The Labute approximate surface area is 215 Å². The van der Waals surface area contributed by atoms with E-state index in [4.69, 9.17) is 15.2 Å². The Morgan fingerprint density at radius 3 is 2.68 bits per heavy atom. The second-order valence-electron chi connectivity index (χ2n) is 9.49. The van der Waals surface area contributed by atoms with Crippen LogP contribution >= 0.6 is 11.8 Å². The number of amides is 1. The van der Waals surface area contributed by atoms with Crippen LogP contribution in [0.15, 0.2) is 28.5 Å². The number of alkyl halides is 2. The molecule has 10 nitrogen and oxygen atoms in total. The molecule has 1 amide bonds. The normalized spacial score (nSPS) is 20.2. The lowest BCUT2D eigenvalue weighted by molar-refractivity contribution is -0.136. The SMILES string of the molecule is N#Cc1cc2c(cc1Sc1nc3c(N)ncn(CCC4CCN(C(=O)C5CC5(F)F)CC4)c-3n1)OCO2. The number of halogens is 2. The van der Waals surface area contributed by atoms with E-state index in [1.807, 2.05) is 4.57 Å². The number of hydrogen-bond acceptors (Lipinski definition) is 9. The quantitative estimate of drug-likeness (QED) is 0.512. The van der Waals surface area contributed by atoms with Crippen LogP contribution in [0.25, 0.3) is 11.5 Å². The number of benzene rings is 1.